The second-order valence-corrected chi connectivity index (χ2v) is 7.62. The molecule has 6 heteroatoms. The molecule has 0 fully saturated rings. The molecule has 0 aliphatic carbocycles. The van der Waals surface area contributed by atoms with Crippen molar-refractivity contribution < 1.29 is 8.42 Å². The van der Waals surface area contributed by atoms with Crippen molar-refractivity contribution in [2.75, 3.05) is 20.6 Å². The average Bonchev–Trinajstić information content (AvgIpc) is 2.73. The Bertz CT molecular complexity index is 497. The van der Waals surface area contributed by atoms with Crippen molar-refractivity contribution >= 4 is 10.0 Å². The first kappa shape index (κ1) is 17.2. The summed E-state index contributed by atoms with van der Waals surface area (Å²) in [6.07, 6.45) is 2.73. The fourth-order valence-corrected chi connectivity index (χ4v) is 3.64. The summed E-state index contributed by atoms with van der Waals surface area (Å²) in [5, 5.41) is 3.08. The van der Waals surface area contributed by atoms with E-state index < -0.39 is 10.0 Å². The quantitative estimate of drug-likeness (QED) is 0.798. The van der Waals surface area contributed by atoms with Crippen LogP contribution in [0.3, 0.4) is 0 Å². The van der Waals surface area contributed by atoms with E-state index in [1.54, 1.807) is 19.3 Å². The third kappa shape index (κ3) is 4.07. The molecule has 1 aromatic heterocycles. The van der Waals surface area contributed by atoms with E-state index in [0.29, 0.717) is 23.9 Å². The first-order chi connectivity index (χ1) is 9.32. The van der Waals surface area contributed by atoms with Crippen LogP contribution >= 0.6 is 0 Å². The van der Waals surface area contributed by atoms with Crippen LogP contribution in [0.2, 0.25) is 0 Å². The molecule has 0 amide bonds. The monoisotopic (exact) mass is 301 g/mol. The van der Waals surface area contributed by atoms with Crippen LogP contribution in [-0.2, 0) is 23.1 Å². The predicted molar refractivity (Wildman–Crippen MR) is 82.1 cm³/mol. The maximum atomic E-state index is 12.5. The third-order valence-electron chi connectivity index (χ3n) is 3.11. The molecule has 0 aromatic carbocycles. The van der Waals surface area contributed by atoms with Gasteiger partial charge >= 0.3 is 0 Å². The first-order valence-electron chi connectivity index (χ1n) is 7.12. The van der Waals surface area contributed by atoms with Crippen molar-refractivity contribution in [2.45, 2.75) is 45.2 Å². The van der Waals surface area contributed by atoms with Crippen molar-refractivity contribution in [2.24, 2.45) is 5.92 Å². The van der Waals surface area contributed by atoms with Crippen LogP contribution in [0, 0.1) is 5.92 Å². The molecule has 0 spiro atoms. The van der Waals surface area contributed by atoms with Gasteiger partial charge in [-0.1, -0.05) is 20.8 Å². The van der Waals surface area contributed by atoms with Gasteiger partial charge in [0.1, 0.15) is 4.90 Å². The molecule has 0 saturated carbocycles. The van der Waals surface area contributed by atoms with Crippen LogP contribution in [0.1, 0.15) is 32.9 Å². The molecule has 116 valence electrons. The molecule has 0 aliphatic rings. The lowest BCUT2D eigenvalue weighted by Gasteiger charge is -2.18. The molecule has 0 aliphatic heterocycles. The largest absolute Gasteiger partial charge is 0.349 e. The van der Waals surface area contributed by atoms with Gasteiger partial charge in [-0.2, -0.15) is 0 Å². The molecule has 0 radical (unpaired) electrons. The fourth-order valence-electron chi connectivity index (χ4n) is 2.24. The van der Waals surface area contributed by atoms with E-state index in [4.69, 9.17) is 0 Å². The Morgan fingerprint density at radius 1 is 1.40 bits per heavy atom. The maximum Gasteiger partial charge on any atom is 0.244 e. The lowest BCUT2D eigenvalue weighted by atomic mass is 10.2. The van der Waals surface area contributed by atoms with E-state index in [0.717, 1.165) is 18.7 Å². The standard InChI is InChI=1S/C14H27N3O2S/c1-6-7-17-11-14(8-13(17)9-15-4)20(18,19)16(5)10-12(2)3/h8,11-12,15H,6-7,9-10H2,1-5H3. The summed E-state index contributed by atoms with van der Waals surface area (Å²) in [7, 11) is 0.119. The number of hydrogen-bond donors (Lipinski definition) is 1. The number of nitrogens with zero attached hydrogens (tertiary/aromatic N) is 2. The highest BCUT2D eigenvalue weighted by atomic mass is 32.2. The fraction of sp³-hybridized carbons (Fsp3) is 0.714. The Morgan fingerprint density at radius 3 is 2.55 bits per heavy atom. The maximum absolute atomic E-state index is 12.5. The van der Waals surface area contributed by atoms with Gasteiger partial charge in [0.15, 0.2) is 0 Å². The van der Waals surface area contributed by atoms with Crippen LogP contribution in [0.4, 0.5) is 0 Å². The van der Waals surface area contributed by atoms with Gasteiger partial charge in [-0.05, 0) is 25.5 Å². The molecular weight excluding hydrogens is 274 g/mol. The Labute approximate surface area is 123 Å². The van der Waals surface area contributed by atoms with Gasteiger partial charge in [0.2, 0.25) is 10.0 Å². The number of aryl methyl sites for hydroxylation is 1. The summed E-state index contributed by atoms with van der Waals surface area (Å²) in [4.78, 5) is 0.388. The van der Waals surface area contributed by atoms with Crippen molar-refractivity contribution in [3.05, 3.63) is 18.0 Å². The topological polar surface area (TPSA) is 54.3 Å². The number of sulfonamides is 1. The van der Waals surface area contributed by atoms with E-state index in [9.17, 15) is 8.42 Å². The van der Waals surface area contributed by atoms with Gasteiger partial charge in [-0.3, -0.25) is 0 Å². The molecule has 0 bridgehead atoms. The molecular formula is C14H27N3O2S. The summed E-state index contributed by atoms with van der Waals surface area (Å²) >= 11 is 0. The SMILES string of the molecule is CCCn1cc(S(=O)(=O)N(C)CC(C)C)cc1CNC. The van der Waals surface area contributed by atoms with Gasteiger partial charge < -0.3 is 9.88 Å². The molecule has 5 nitrogen and oxygen atoms in total. The van der Waals surface area contributed by atoms with Gasteiger partial charge in [0.05, 0.1) is 0 Å². The lowest BCUT2D eigenvalue weighted by Crippen LogP contribution is -2.30. The van der Waals surface area contributed by atoms with Crippen molar-refractivity contribution in [3.63, 3.8) is 0 Å². The summed E-state index contributed by atoms with van der Waals surface area (Å²) in [5.41, 5.74) is 1.01. The summed E-state index contributed by atoms with van der Waals surface area (Å²) in [5.74, 6) is 0.310. The number of rotatable bonds is 8. The van der Waals surface area contributed by atoms with Crippen molar-refractivity contribution in [1.82, 2.24) is 14.2 Å². The van der Waals surface area contributed by atoms with Gasteiger partial charge in [0.25, 0.3) is 0 Å². The zero-order chi connectivity index (χ0) is 15.3. The molecule has 0 atom stereocenters. The molecule has 1 aromatic rings. The van der Waals surface area contributed by atoms with Gasteiger partial charge in [0, 0.05) is 38.6 Å². The summed E-state index contributed by atoms with van der Waals surface area (Å²) in [6, 6.07) is 1.78. The van der Waals surface area contributed by atoms with Gasteiger partial charge in [-0.15, -0.1) is 0 Å². The Morgan fingerprint density at radius 2 is 2.05 bits per heavy atom. The Hall–Kier alpha value is -0.850. The predicted octanol–water partition coefficient (Wildman–Crippen LogP) is 1.89. The normalized spacial score (nSPS) is 12.6. The van der Waals surface area contributed by atoms with E-state index >= 15 is 0 Å². The summed E-state index contributed by atoms with van der Waals surface area (Å²) in [6.45, 7) is 8.15. The lowest BCUT2D eigenvalue weighted by molar-refractivity contribution is 0.417. The van der Waals surface area contributed by atoms with Gasteiger partial charge in [-0.25, -0.2) is 12.7 Å². The second-order valence-electron chi connectivity index (χ2n) is 5.57. The molecule has 1 rings (SSSR count). The molecule has 0 saturated heterocycles. The zero-order valence-electron chi connectivity index (χ0n) is 13.2. The van der Waals surface area contributed by atoms with E-state index in [1.807, 2.05) is 25.5 Å². The highest BCUT2D eigenvalue weighted by Gasteiger charge is 2.23. The molecule has 1 heterocycles. The molecule has 1 N–H and O–H groups in total. The summed E-state index contributed by atoms with van der Waals surface area (Å²) < 4.78 is 28.5. The number of nitrogens with one attached hydrogen (secondary N) is 1. The van der Waals surface area contributed by atoms with Crippen LogP contribution in [-0.4, -0.2) is 37.9 Å². The van der Waals surface area contributed by atoms with E-state index in [2.05, 4.69) is 12.2 Å². The van der Waals surface area contributed by atoms with Crippen LogP contribution in [0.25, 0.3) is 0 Å². The smallest absolute Gasteiger partial charge is 0.244 e. The highest BCUT2D eigenvalue weighted by Crippen LogP contribution is 2.19. The molecule has 0 unspecified atom stereocenters. The zero-order valence-corrected chi connectivity index (χ0v) is 14.0. The highest BCUT2D eigenvalue weighted by molar-refractivity contribution is 7.89. The van der Waals surface area contributed by atoms with Crippen molar-refractivity contribution in [3.8, 4) is 0 Å². The molecule has 20 heavy (non-hydrogen) atoms. The minimum absolute atomic E-state index is 0.310. The van der Waals surface area contributed by atoms with Crippen LogP contribution in [0.5, 0.6) is 0 Å². The first-order valence-corrected chi connectivity index (χ1v) is 8.56. The second kappa shape index (κ2) is 7.24. The van der Waals surface area contributed by atoms with E-state index in [1.165, 1.54) is 4.31 Å². The van der Waals surface area contributed by atoms with E-state index in [-0.39, 0.29) is 0 Å². The van der Waals surface area contributed by atoms with Crippen LogP contribution in [0.15, 0.2) is 17.2 Å². The van der Waals surface area contributed by atoms with Crippen molar-refractivity contribution in [1.29, 1.82) is 0 Å². The Kier molecular flexibility index (Phi) is 6.23. The average molecular weight is 301 g/mol. The number of hydrogen-bond acceptors (Lipinski definition) is 3. The number of aromatic nitrogens is 1. The Balaban J connectivity index is 3.08. The van der Waals surface area contributed by atoms with Crippen LogP contribution < -0.4 is 5.32 Å². The minimum atomic E-state index is -3.39. The minimum Gasteiger partial charge on any atom is -0.349 e. The third-order valence-corrected chi connectivity index (χ3v) is 4.90.